The Kier molecular flexibility index (Phi) is 4.69. The van der Waals surface area contributed by atoms with Crippen molar-refractivity contribution in [2.45, 2.75) is 11.3 Å². The third-order valence-electron chi connectivity index (χ3n) is 2.86. The fourth-order valence-corrected chi connectivity index (χ4v) is 2.83. The minimum atomic E-state index is -3.58. The average Bonchev–Trinajstić information content (AvgIpc) is 2.46. The molecular formula is C13H14ClN3O2S. The quantitative estimate of drug-likeness (QED) is 0.792. The molecule has 0 spiro atoms. The van der Waals surface area contributed by atoms with Gasteiger partial charge in [-0.3, -0.25) is 0 Å². The number of rotatable bonds is 5. The zero-order valence-corrected chi connectivity index (χ0v) is 12.5. The summed E-state index contributed by atoms with van der Waals surface area (Å²) in [6.07, 6.45) is 3.07. The van der Waals surface area contributed by atoms with Crippen molar-refractivity contribution in [3.05, 3.63) is 53.6 Å². The van der Waals surface area contributed by atoms with Crippen LogP contribution in [0.15, 0.2) is 47.6 Å². The first kappa shape index (κ1) is 14.9. The SMILES string of the molecule is CN(CCc1ccccc1)S(=O)(=O)c1cnc(Cl)nc1. The van der Waals surface area contributed by atoms with Crippen LogP contribution >= 0.6 is 11.6 Å². The third kappa shape index (κ3) is 3.53. The van der Waals surface area contributed by atoms with Crippen molar-refractivity contribution in [2.75, 3.05) is 13.6 Å². The molecule has 1 aromatic heterocycles. The van der Waals surface area contributed by atoms with Crippen molar-refractivity contribution in [1.82, 2.24) is 14.3 Å². The summed E-state index contributed by atoms with van der Waals surface area (Å²) in [5, 5.41) is 0.0240. The summed E-state index contributed by atoms with van der Waals surface area (Å²) in [7, 11) is -2.04. The zero-order valence-electron chi connectivity index (χ0n) is 10.9. The minimum absolute atomic E-state index is 0.0240. The molecule has 0 saturated heterocycles. The molecule has 0 aliphatic carbocycles. The Labute approximate surface area is 123 Å². The Morgan fingerprint density at radius 2 is 1.75 bits per heavy atom. The van der Waals surface area contributed by atoms with Crippen molar-refractivity contribution in [1.29, 1.82) is 0 Å². The van der Waals surface area contributed by atoms with Crippen LogP contribution in [0.3, 0.4) is 0 Å². The molecule has 0 saturated carbocycles. The first-order valence-electron chi connectivity index (χ1n) is 5.98. The molecule has 0 aliphatic rings. The second kappa shape index (κ2) is 6.30. The molecule has 5 nitrogen and oxygen atoms in total. The van der Waals surface area contributed by atoms with E-state index in [1.165, 1.54) is 23.7 Å². The van der Waals surface area contributed by atoms with Crippen molar-refractivity contribution in [3.8, 4) is 0 Å². The minimum Gasteiger partial charge on any atom is -0.225 e. The van der Waals surface area contributed by atoms with Crippen LogP contribution in [0.1, 0.15) is 5.56 Å². The Morgan fingerprint density at radius 1 is 1.15 bits per heavy atom. The molecule has 1 aromatic carbocycles. The van der Waals surface area contributed by atoms with Gasteiger partial charge in [-0.25, -0.2) is 22.7 Å². The standard InChI is InChI=1S/C13H14ClN3O2S/c1-17(8-7-11-5-3-2-4-6-11)20(18,19)12-9-15-13(14)16-10-12/h2-6,9-10H,7-8H2,1H3. The molecule has 7 heteroatoms. The Morgan fingerprint density at radius 3 is 2.35 bits per heavy atom. The smallest absolute Gasteiger partial charge is 0.225 e. The van der Waals surface area contributed by atoms with E-state index in [-0.39, 0.29) is 10.2 Å². The van der Waals surface area contributed by atoms with E-state index in [1.54, 1.807) is 0 Å². The van der Waals surface area contributed by atoms with Crippen molar-refractivity contribution < 1.29 is 8.42 Å². The normalized spacial score (nSPS) is 11.8. The summed E-state index contributed by atoms with van der Waals surface area (Å²) >= 11 is 5.55. The highest BCUT2D eigenvalue weighted by atomic mass is 35.5. The number of halogens is 1. The number of aromatic nitrogens is 2. The molecule has 106 valence electrons. The van der Waals surface area contributed by atoms with Crippen LogP contribution in [0.25, 0.3) is 0 Å². The molecule has 0 fully saturated rings. The van der Waals surface area contributed by atoms with Gasteiger partial charge in [-0.1, -0.05) is 30.3 Å². The molecule has 1 heterocycles. The lowest BCUT2D eigenvalue weighted by atomic mass is 10.2. The van der Waals surface area contributed by atoms with E-state index in [4.69, 9.17) is 11.6 Å². The van der Waals surface area contributed by atoms with E-state index in [2.05, 4.69) is 9.97 Å². The number of benzene rings is 1. The van der Waals surface area contributed by atoms with Crippen molar-refractivity contribution >= 4 is 21.6 Å². The highest BCUT2D eigenvalue weighted by Gasteiger charge is 2.21. The maximum Gasteiger partial charge on any atom is 0.245 e. The number of sulfonamides is 1. The lowest BCUT2D eigenvalue weighted by Crippen LogP contribution is -2.29. The number of hydrogen-bond donors (Lipinski definition) is 0. The molecule has 0 N–H and O–H groups in total. The van der Waals surface area contributed by atoms with E-state index in [9.17, 15) is 8.42 Å². The second-order valence-corrected chi connectivity index (χ2v) is 6.63. The predicted octanol–water partition coefficient (Wildman–Crippen LogP) is 1.99. The third-order valence-corrected chi connectivity index (χ3v) is 4.87. The maximum atomic E-state index is 12.3. The summed E-state index contributed by atoms with van der Waals surface area (Å²) in [6.45, 7) is 0.384. The summed E-state index contributed by atoms with van der Waals surface area (Å²) < 4.78 is 25.8. The number of likely N-dealkylation sites (N-methyl/N-ethyl adjacent to an activating group) is 1. The largest absolute Gasteiger partial charge is 0.245 e. The van der Waals surface area contributed by atoms with Crippen LogP contribution < -0.4 is 0 Å². The van der Waals surface area contributed by atoms with Crippen LogP contribution in [0, 0.1) is 0 Å². The Hall–Kier alpha value is -1.50. The summed E-state index contributed by atoms with van der Waals surface area (Å²) in [4.78, 5) is 7.43. The second-order valence-electron chi connectivity index (χ2n) is 4.25. The van der Waals surface area contributed by atoms with Crippen LogP contribution in [-0.2, 0) is 16.4 Å². The van der Waals surface area contributed by atoms with Crippen molar-refractivity contribution in [2.24, 2.45) is 0 Å². The molecule has 0 bridgehead atoms. The predicted molar refractivity (Wildman–Crippen MR) is 77.0 cm³/mol. The molecular weight excluding hydrogens is 298 g/mol. The van der Waals surface area contributed by atoms with Crippen molar-refractivity contribution in [3.63, 3.8) is 0 Å². The Bertz CT molecular complexity index is 660. The fourth-order valence-electron chi connectivity index (χ4n) is 1.66. The van der Waals surface area contributed by atoms with E-state index < -0.39 is 10.0 Å². The van der Waals surface area contributed by atoms with Gasteiger partial charge in [0.15, 0.2) is 0 Å². The lowest BCUT2D eigenvalue weighted by Gasteiger charge is -2.16. The molecule has 0 atom stereocenters. The molecule has 0 amide bonds. The van der Waals surface area contributed by atoms with E-state index in [0.29, 0.717) is 13.0 Å². The first-order valence-corrected chi connectivity index (χ1v) is 7.80. The summed E-state index contributed by atoms with van der Waals surface area (Å²) in [5.74, 6) is 0. The van der Waals surface area contributed by atoms with Crippen LogP contribution in [0.2, 0.25) is 5.28 Å². The van der Waals surface area contributed by atoms with Gasteiger partial charge in [0.1, 0.15) is 4.90 Å². The van der Waals surface area contributed by atoms with Crippen LogP contribution in [-0.4, -0.2) is 36.3 Å². The van der Waals surface area contributed by atoms with E-state index >= 15 is 0 Å². The monoisotopic (exact) mass is 311 g/mol. The highest BCUT2D eigenvalue weighted by molar-refractivity contribution is 7.89. The van der Waals surface area contributed by atoms with E-state index in [1.807, 2.05) is 30.3 Å². The van der Waals surface area contributed by atoms with Gasteiger partial charge in [0.05, 0.1) is 12.4 Å². The maximum absolute atomic E-state index is 12.3. The van der Waals surface area contributed by atoms with Crippen LogP contribution in [0.5, 0.6) is 0 Å². The lowest BCUT2D eigenvalue weighted by molar-refractivity contribution is 0.472. The topological polar surface area (TPSA) is 63.2 Å². The highest BCUT2D eigenvalue weighted by Crippen LogP contribution is 2.13. The summed E-state index contributed by atoms with van der Waals surface area (Å²) in [5.41, 5.74) is 1.09. The van der Waals surface area contributed by atoms with Gasteiger partial charge in [-0.2, -0.15) is 0 Å². The van der Waals surface area contributed by atoms with Gasteiger partial charge in [-0.15, -0.1) is 0 Å². The molecule has 0 unspecified atom stereocenters. The van der Waals surface area contributed by atoms with Crippen LogP contribution in [0.4, 0.5) is 0 Å². The first-order chi connectivity index (χ1) is 9.50. The molecule has 0 aliphatic heterocycles. The number of hydrogen-bond acceptors (Lipinski definition) is 4. The zero-order chi connectivity index (χ0) is 14.6. The van der Waals surface area contributed by atoms with Gasteiger partial charge < -0.3 is 0 Å². The van der Waals surface area contributed by atoms with E-state index in [0.717, 1.165) is 5.56 Å². The summed E-state index contributed by atoms with van der Waals surface area (Å²) in [6, 6.07) is 9.71. The van der Waals surface area contributed by atoms with Gasteiger partial charge in [0, 0.05) is 13.6 Å². The molecule has 2 aromatic rings. The molecule has 20 heavy (non-hydrogen) atoms. The number of nitrogens with zero attached hydrogens (tertiary/aromatic N) is 3. The Balaban J connectivity index is 2.08. The van der Waals surface area contributed by atoms with Gasteiger partial charge in [0.2, 0.25) is 15.3 Å². The van der Waals surface area contributed by atoms with Gasteiger partial charge in [0.25, 0.3) is 0 Å². The van der Waals surface area contributed by atoms with Gasteiger partial charge >= 0.3 is 0 Å². The molecule has 2 rings (SSSR count). The average molecular weight is 312 g/mol. The fraction of sp³-hybridized carbons (Fsp3) is 0.231. The molecule has 0 radical (unpaired) electrons. The van der Waals surface area contributed by atoms with Gasteiger partial charge in [-0.05, 0) is 23.6 Å².